The van der Waals surface area contributed by atoms with Gasteiger partial charge in [0.1, 0.15) is 0 Å². The maximum atomic E-state index is 11.3. The van der Waals surface area contributed by atoms with E-state index in [2.05, 4.69) is 9.97 Å². The number of pyridine rings is 2. The highest BCUT2D eigenvalue weighted by Crippen LogP contribution is 2.19. The van der Waals surface area contributed by atoms with Gasteiger partial charge >= 0.3 is 0 Å². The molecule has 0 saturated heterocycles. The summed E-state index contributed by atoms with van der Waals surface area (Å²) >= 11 is 0. The molecule has 0 bridgehead atoms. The van der Waals surface area contributed by atoms with Crippen LogP contribution in [0.3, 0.4) is 0 Å². The van der Waals surface area contributed by atoms with Crippen molar-refractivity contribution in [2.75, 3.05) is 0 Å². The Bertz CT molecular complexity index is 731. The quantitative estimate of drug-likeness (QED) is 0.687. The van der Waals surface area contributed by atoms with Gasteiger partial charge in [-0.1, -0.05) is 18.2 Å². The van der Waals surface area contributed by atoms with E-state index < -0.39 is 0 Å². The summed E-state index contributed by atoms with van der Waals surface area (Å²) in [4.78, 5) is 18.7. The normalized spacial score (nSPS) is 10.6. The molecule has 3 heteroatoms. The van der Waals surface area contributed by atoms with E-state index in [0.717, 1.165) is 22.2 Å². The van der Waals surface area contributed by atoms with Crippen molar-refractivity contribution >= 4 is 10.9 Å². The predicted molar refractivity (Wildman–Crippen MR) is 67.8 cm³/mol. The van der Waals surface area contributed by atoms with E-state index >= 15 is 0 Å². The Morgan fingerprint density at radius 1 is 1.06 bits per heavy atom. The van der Waals surface area contributed by atoms with Crippen LogP contribution >= 0.6 is 0 Å². The number of aromatic nitrogens is 2. The highest BCUT2D eigenvalue weighted by molar-refractivity contribution is 5.82. The van der Waals surface area contributed by atoms with Gasteiger partial charge in [0.2, 0.25) is 0 Å². The molecule has 2 heterocycles. The Morgan fingerprint density at radius 3 is 2.82 bits per heavy atom. The Kier molecular flexibility index (Phi) is 2.22. The fraction of sp³-hybridized carbons (Fsp3) is 0. The molecule has 2 aromatic heterocycles. The first-order valence-electron chi connectivity index (χ1n) is 5.37. The van der Waals surface area contributed by atoms with E-state index in [-0.39, 0.29) is 5.43 Å². The largest absolute Gasteiger partial charge is 0.361 e. The highest BCUT2D eigenvalue weighted by atomic mass is 16.1. The van der Waals surface area contributed by atoms with Crippen molar-refractivity contribution in [3.05, 3.63) is 65.1 Å². The fourth-order valence-corrected chi connectivity index (χ4v) is 1.83. The van der Waals surface area contributed by atoms with Gasteiger partial charge in [-0.05, 0) is 12.1 Å². The van der Waals surface area contributed by atoms with Crippen molar-refractivity contribution in [2.24, 2.45) is 0 Å². The first kappa shape index (κ1) is 9.78. The molecule has 0 aliphatic heterocycles. The molecule has 3 nitrogen and oxygen atoms in total. The van der Waals surface area contributed by atoms with Crippen LogP contribution in [0, 0.1) is 0 Å². The van der Waals surface area contributed by atoms with E-state index in [0.29, 0.717) is 0 Å². The van der Waals surface area contributed by atoms with E-state index in [1.54, 1.807) is 18.5 Å². The smallest absolute Gasteiger partial charge is 0.182 e. The molecular weight excluding hydrogens is 212 g/mol. The van der Waals surface area contributed by atoms with Gasteiger partial charge in [0.15, 0.2) is 5.43 Å². The summed E-state index contributed by atoms with van der Waals surface area (Å²) in [6, 6.07) is 13.0. The van der Waals surface area contributed by atoms with Crippen LogP contribution in [0.1, 0.15) is 0 Å². The number of para-hydroxylation sites is 1. The second-order valence-electron chi connectivity index (χ2n) is 3.85. The zero-order valence-corrected chi connectivity index (χ0v) is 9.05. The van der Waals surface area contributed by atoms with Crippen LogP contribution in [-0.2, 0) is 0 Å². The molecule has 0 aliphatic carbocycles. The van der Waals surface area contributed by atoms with Crippen molar-refractivity contribution in [1.82, 2.24) is 9.97 Å². The molecule has 0 fully saturated rings. The van der Waals surface area contributed by atoms with Crippen molar-refractivity contribution < 1.29 is 0 Å². The average Bonchev–Trinajstić information content (AvgIpc) is 2.38. The first-order valence-corrected chi connectivity index (χ1v) is 5.37. The predicted octanol–water partition coefficient (Wildman–Crippen LogP) is 2.59. The molecule has 3 rings (SSSR count). The minimum Gasteiger partial charge on any atom is -0.361 e. The third kappa shape index (κ3) is 1.83. The first-order chi connectivity index (χ1) is 8.33. The van der Waals surface area contributed by atoms with Crippen molar-refractivity contribution in [1.29, 1.82) is 0 Å². The number of H-pyrrole nitrogens is 1. The third-order valence-corrected chi connectivity index (χ3v) is 2.67. The molecule has 17 heavy (non-hydrogen) atoms. The fourth-order valence-electron chi connectivity index (χ4n) is 1.83. The van der Waals surface area contributed by atoms with Gasteiger partial charge in [-0.3, -0.25) is 9.78 Å². The number of hydrogen-bond donors (Lipinski definition) is 1. The van der Waals surface area contributed by atoms with Crippen LogP contribution in [0.25, 0.3) is 22.2 Å². The van der Waals surface area contributed by atoms with Crippen LogP contribution in [0.15, 0.2) is 59.7 Å². The number of nitrogens with zero attached hydrogens (tertiary/aromatic N) is 1. The lowest BCUT2D eigenvalue weighted by atomic mass is 10.1. The number of nitrogens with one attached hydrogen (secondary N) is 1. The van der Waals surface area contributed by atoms with Gasteiger partial charge in [0, 0.05) is 35.5 Å². The van der Waals surface area contributed by atoms with Gasteiger partial charge in [0.25, 0.3) is 0 Å². The summed E-state index contributed by atoms with van der Waals surface area (Å²) in [7, 11) is 0. The lowest BCUT2D eigenvalue weighted by molar-refractivity contribution is 1.29. The van der Waals surface area contributed by atoms with Crippen LogP contribution < -0.4 is 5.43 Å². The summed E-state index contributed by atoms with van der Waals surface area (Å²) in [5, 5.41) is 1.06. The van der Waals surface area contributed by atoms with Crippen molar-refractivity contribution in [3.63, 3.8) is 0 Å². The van der Waals surface area contributed by atoms with Crippen molar-refractivity contribution in [3.8, 4) is 11.3 Å². The third-order valence-electron chi connectivity index (χ3n) is 2.67. The van der Waals surface area contributed by atoms with E-state index in [4.69, 9.17) is 0 Å². The number of hydrogen-bond acceptors (Lipinski definition) is 2. The molecule has 0 spiro atoms. The zero-order valence-electron chi connectivity index (χ0n) is 9.05. The van der Waals surface area contributed by atoms with Crippen LogP contribution in [0.4, 0.5) is 0 Å². The molecule has 0 aliphatic rings. The molecule has 0 saturated carbocycles. The molecule has 0 unspecified atom stereocenters. The van der Waals surface area contributed by atoms with Gasteiger partial charge in [-0.2, -0.15) is 0 Å². The molecule has 1 aromatic carbocycles. The Labute approximate surface area is 97.8 Å². The summed E-state index contributed by atoms with van der Waals surface area (Å²) < 4.78 is 0. The standard InChI is InChI=1S/C14H10N2O/c17-12-5-6-15-14(8-12)11-7-10-3-1-2-4-13(10)16-9-11/h1-9H,(H,15,17). The van der Waals surface area contributed by atoms with Crippen molar-refractivity contribution in [2.45, 2.75) is 0 Å². The van der Waals surface area contributed by atoms with E-state index in [1.807, 2.05) is 30.3 Å². The summed E-state index contributed by atoms with van der Waals surface area (Å²) in [6.45, 7) is 0. The molecule has 0 atom stereocenters. The monoisotopic (exact) mass is 222 g/mol. The van der Waals surface area contributed by atoms with Crippen LogP contribution in [0.2, 0.25) is 0 Å². The second kappa shape index (κ2) is 3.87. The highest BCUT2D eigenvalue weighted by Gasteiger charge is 2.00. The van der Waals surface area contributed by atoms with Gasteiger partial charge < -0.3 is 4.98 Å². The lowest BCUT2D eigenvalue weighted by Gasteiger charge is -2.02. The van der Waals surface area contributed by atoms with E-state index in [1.165, 1.54) is 6.07 Å². The zero-order chi connectivity index (χ0) is 11.7. The topological polar surface area (TPSA) is 45.8 Å². The molecule has 0 amide bonds. The number of rotatable bonds is 1. The maximum absolute atomic E-state index is 11.3. The lowest BCUT2D eigenvalue weighted by Crippen LogP contribution is -1.98. The minimum absolute atomic E-state index is 0.00749. The number of benzene rings is 1. The Balaban J connectivity index is 2.21. The average molecular weight is 222 g/mol. The Hall–Kier alpha value is -2.42. The maximum Gasteiger partial charge on any atom is 0.182 e. The molecule has 3 aromatic rings. The number of fused-ring (bicyclic) bond motifs is 1. The molecule has 0 radical (unpaired) electrons. The van der Waals surface area contributed by atoms with Crippen LogP contribution in [-0.4, -0.2) is 9.97 Å². The van der Waals surface area contributed by atoms with Gasteiger partial charge in [-0.15, -0.1) is 0 Å². The molecular formula is C14H10N2O. The minimum atomic E-state index is -0.00749. The molecule has 1 N–H and O–H groups in total. The SMILES string of the molecule is O=c1cc[nH]c(-c2cnc3ccccc3c2)c1. The van der Waals surface area contributed by atoms with E-state index in [9.17, 15) is 4.79 Å². The number of aromatic amines is 1. The van der Waals surface area contributed by atoms with Gasteiger partial charge in [-0.25, -0.2) is 0 Å². The Morgan fingerprint density at radius 2 is 1.94 bits per heavy atom. The summed E-state index contributed by atoms with van der Waals surface area (Å²) in [5.41, 5.74) is 2.65. The summed E-state index contributed by atoms with van der Waals surface area (Å²) in [5.74, 6) is 0. The molecule has 82 valence electrons. The van der Waals surface area contributed by atoms with Gasteiger partial charge in [0.05, 0.1) is 11.2 Å². The second-order valence-corrected chi connectivity index (χ2v) is 3.85. The summed E-state index contributed by atoms with van der Waals surface area (Å²) in [6.07, 6.45) is 3.42. The van der Waals surface area contributed by atoms with Crippen LogP contribution in [0.5, 0.6) is 0 Å².